The van der Waals surface area contributed by atoms with Crippen LogP contribution in [0, 0.1) is 0 Å². The molecule has 0 saturated carbocycles. The van der Waals surface area contributed by atoms with Crippen LogP contribution in [0.25, 0.3) is 0 Å². The van der Waals surface area contributed by atoms with Crippen molar-refractivity contribution in [2.24, 2.45) is 0 Å². The van der Waals surface area contributed by atoms with Crippen LogP contribution >= 0.6 is 0 Å². The van der Waals surface area contributed by atoms with E-state index in [9.17, 15) is 0 Å². The Bertz CT molecular complexity index is 229. The van der Waals surface area contributed by atoms with Crippen LogP contribution in [0.5, 0.6) is 0 Å². The van der Waals surface area contributed by atoms with Gasteiger partial charge in [0.1, 0.15) is 0 Å². The first kappa shape index (κ1) is 19.4. The molecule has 0 amide bonds. The Balaban J connectivity index is 4.69. The van der Waals surface area contributed by atoms with E-state index in [1.807, 2.05) is 0 Å². The molecule has 0 unspecified atom stereocenters. The molecule has 0 rings (SSSR count). The molecular formula is C15H36O2Si2. The van der Waals surface area contributed by atoms with Gasteiger partial charge in [0.2, 0.25) is 0 Å². The average Bonchev–Trinajstić information content (AvgIpc) is 2.22. The van der Waals surface area contributed by atoms with Gasteiger partial charge in [0.15, 0.2) is 16.6 Å². The minimum Gasteiger partial charge on any atom is -0.418 e. The number of rotatable bonds is 9. The smallest absolute Gasteiger partial charge is 0.200 e. The lowest BCUT2D eigenvalue weighted by Gasteiger charge is -2.42. The summed E-state index contributed by atoms with van der Waals surface area (Å²) in [4.78, 5) is 0. The molecule has 0 heterocycles. The first-order valence-electron chi connectivity index (χ1n) is 7.88. The minimum atomic E-state index is -1.68. The lowest BCUT2D eigenvalue weighted by atomic mass is 10.5. The van der Waals surface area contributed by atoms with Gasteiger partial charge in [-0.05, 0) is 42.7 Å². The van der Waals surface area contributed by atoms with Crippen molar-refractivity contribution in [3.05, 3.63) is 0 Å². The number of hydrogen-bond acceptors (Lipinski definition) is 2. The van der Waals surface area contributed by atoms with E-state index in [-0.39, 0.29) is 0 Å². The molecule has 0 N–H and O–H groups in total. The Labute approximate surface area is 123 Å². The third kappa shape index (κ3) is 5.33. The first-order valence-corrected chi connectivity index (χ1v) is 13.1. The molecule has 0 aromatic heterocycles. The van der Waals surface area contributed by atoms with E-state index in [2.05, 4.69) is 61.6 Å². The van der Waals surface area contributed by atoms with E-state index in [4.69, 9.17) is 8.85 Å². The molecule has 0 aromatic carbocycles. The minimum absolute atomic E-state index is 0.671. The molecule has 19 heavy (non-hydrogen) atoms. The zero-order valence-electron chi connectivity index (χ0n) is 14.7. The summed E-state index contributed by atoms with van der Waals surface area (Å²) >= 11 is 0. The van der Waals surface area contributed by atoms with E-state index in [0.29, 0.717) is 16.6 Å². The van der Waals surface area contributed by atoms with Crippen LogP contribution in [0.15, 0.2) is 0 Å². The fourth-order valence-corrected chi connectivity index (χ4v) is 10.6. The molecule has 0 aliphatic rings. The zero-order chi connectivity index (χ0) is 15.3. The Morgan fingerprint density at radius 1 is 0.789 bits per heavy atom. The normalized spacial score (nSPS) is 13.9. The van der Waals surface area contributed by atoms with Gasteiger partial charge in [-0.1, -0.05) is 41.5 Å². The Hall–Kier alpha value is 0.354. The molecule has 2 nitrogen and oxygen atoms in total. The summed E-state index contributed by atoms with van der Waals surface area (Å²) in [6.45, 7) is 22.5. The van der Waals surface area contributed by atoms with Crippen molar-refractivity contribution < 1.29 is 8.85 Å². The molecule has 0 aromatic rings. The van der Waals surface area contributed by atoms with Crippen LogP contribution in [0.3, 0.4) is 0 Å². The van der Waals surface area contributed by atoms with Gasteiger partial charge < -0.3 is 8.85 Å². The van der Waals surface area contributed by atoms with Gasteiger partial charge in [0, 0.05) is 13.2 Å². The van der Waals surface area contributed by atoms with E-state index in [1.54, 1.807) is 0 Å². The van der Waals surface area contributed by atoms with E-state index in [0.717, 1.165) is 19.3 Å². The van der Waals surface area contributed by atoms with Gasteiger partial charge in [-0.15, -0.1) is 0 Å². The maximum atomic E-state index is 6.59. The van der Waals surface area contributed by atoms with Crippen molar-refractivity contribution in [3.8, 4) is 0 Å². The first-order chi connectivity index (χ1) is 8.60. The van der Waals surface area contributed by atoms with E-state index in [1.165, 1.54) is 0 Å². The summed E-state index contributed by atoms with van der Waals surface area (Å²) in [6.07, 6.45) is 0. The number of hydrogen-bond donors (Lipinski definition) is 0. The van der Waals surface area contributed by atoms with Gasteiger partial charge in [-0.2, -0.15) is 0 Å². The van der Waals surface area contributed by atoms with Gasteiger partial charge in [-0.3, -0.25) is 0 Å². The largest absolute Gasteiger partial charge is 0.418 e. The van der Waals surface area contributed by atoms with Crippen molar-refractivity contribution in [2.45, 2.75) is 84.2 Å². The molecule has 0 bridgehead atoms. The molecule has 4 heteroatoms. The molecule has 0 saturated heterocycles. The molecule has 0 fully saturated rings. The Morgan fingerprint density at radius 3 is 1.53 bits per heavy atom. The van der Waals surface area contributed by atoms with E-state index < -0.39 is 16.6 Å². The summed E-state index contributed by atoms with van der Waals surface area (Å²) in [7, 11) is -3.19. The summed E-state index contributed by atoms with van der Waals surface area (Å²) in [5.74, 6) is 0. The second-order valence-electron chi connectivity index (χ2n) is 7.11. The monoisotopic (exact) mass is 304 g/mol. The maximum absolute atomic E-state index is 6.59. The van der Waals surface area contributed by atoms with Gasteiger partial charge in [-0.25, -0.2) is 0 Å². The zero-order valence-corrected chi connectivity index (χ0v) is 16.7. The summed E-state index contributed by atoms with van der Waals surface area (Å²) in [6, 6.07) is 1.11. The van der Waals surface area contributed by atoms with Crippen LogP contribution in [0.1, 0.15) is 48.5 Å². The van der Waals surface area contributed by atoms with Gasteiger partial charge in [0.25, 0.3) is 0 Å². The van der Waals surface area contributed by atoms with Gasteiger partial charge >= 0.3 is 0 Å². The fraction of sp³-hybridized carbons (Fsp3) is 1.00. The van der Waals surface area contributed by atoms with Crippen LogP contribution in [-0.2, 0) is 8.85 Å². The SMILES string of the molecule is CCO[Si](C)(C)CCO[Si](C(C)C)(C(C)C)C(C)C. The standard InChI is InChI=1S/C15H36O2Si2/c1-10-16-18(8,9)12-11-17-19(13(2)3,14(4)5)15(6)7/h13-15H,10-12H2,1-9H3. The lowest BCUT2D eigenvalue weighted by molar-refractivity contribution is 0.276. The predicted molar refractivity (Wildman–Crippen MR) is 90.9 cm³/mol. The van der Waals surface area contributed by atoms with Crippen LogP contribution in [0.4, 0.5) is 0 Å². The van der Waals surface area contributed by atoms with Crippen molar-refractivity contribution in [1.29, 1.82) is 0 Å². The Morgan fingerprint density at radius 2 is 1.21 bits per heavy atom. The molecule has 0 aliphatic carbocycles. The summed E-state index contributed by atoms with van der Waals surface area (Å²) < 4.78 is 12.5. The highest BCUT2D eigenvalue weighted by atomic mass is 28.4. The topological polar surface area (TPSA) is 18.5 Å². The highest BCUT2D eigenvalue weighted by molar-refractivity contribution is 6.77. The molecule has 116 valence electrons. The van der Waals surface area contributed by atoms with Crippen molar-refractivity contribution in [2.75, 3.05) is 13.2 Å². The molecule has 0 atom stereocenters. The predicted octanol–water partition coefficient (Wildman–Crippen LogP) is 5.42. The summed E-state index contributed by atoms with van der Waals surface area (Å²) in [5.41, 5.74) is 2.01. The van der Waals surface area contributed by atoms with Crippen LogP contribution < -0.4 is 0 Å². The second-order valence-corrected chi connectivity index (χ2v) is 16.9. The van der Waals surface area contributed by atoms with Gasteiger partial charge in [0.05, 0.1) is 0 Å². The van der Waals surface area contributed by atoms with E-state index >= 15 is 0 Å². The lowest BCUT2D eigenvalue weighted by Crippen LogP contribution is -2.48. The van der Waals surface area contributed by atoms with Crippen molar-refractivity contribution in [1.82, 2.24) is 0 Å². The van der Waals surface area contributed by atoms with Crippen molar-refractivity contribution >= 4 is 16.6 Å². The molecule has 0 radical (unpaired) electrons. The second kappa shape index (κ2) is 7.96. The van der Waals surface area contributed by atoms with Crippen LogP contribution in [-0.4, -0.2) is 29.8 Å². The quantitative estimate of drug-likeness (QED) is 0.529. The fourth-order valence-electron chi connectivity index (χ4n) is 3.44. The maximum Gasteiger partial charge on any atom is 0.200 e. The van der Waals surface area contributed by atoms with Crippen LogP contribution in [0.2, 0.25) is 35.8 Å². The summed E-state index contributed by atoms with van der Waals surface area (Å²) in [5, 5.41) is 0. The molecule has 0 spiro atoms. The third-order valence-electron chi connectivity index (χ3n) is 4.30. The molecular weight excluding hydrogens is 268 g/mol. The van der Waals surface area contributed by atoms with Crippen molar-refractivity contribution in [3.63, 3.8) is 0 Å². The Kier molecular flexibility index (Phi) is 8.11. The highest BCUT2D eigenvalue weighted by Crippen LogP contribution is 2.42. The third-order valence-corrected chi connectivity index (χ3v) is 12.9. The molecule has 0 aliphatic heterocycles. The average molecular weight is 305 g/mol. The highest BCUT2D eigenvalue weighted by Gasteiger charge is 2.45.